The number of rotatable bonds is 18. The van der Waals surface area contributed by atoms with Gasteiger partial charge in [-0.3, -0.25) is 14.4 Å². The third-order valence-corrected chi connectivity index (χ3v) is 10.7. The smallest absolute Gasteiger partial charge is 0.340 e. The molecule has 39 heavy (non-hydrogen) atoms. The quantitative estimate of drug-likeness (QED) is 0.0936. The lowest BCUT2D eigenvalue weighted by Gasteiger charge is -2.31. The van der Waals surface area contributed by atoms with Crippen LogP contribution in [0.3, 0.4) is 0 Å². The minimum atomic E-state index is -1.77. The first-order valence-corrected chi connectivity index (χ1v) is 16.3. The molecule has 0 aliphatic carbocycles. The molecule has 2 saturated heterocycles. The summed E-state index contributed by atoms with van der Waals surface area (Å²) in [5.41, 5.74) is -1.77. The number of esters is 3. The average molecular weight is 586 g/mol. The number of nitrogens with one attached hydrogen (secondary N) is 1. The third kappa shape index (κ3) is 11.0. The summed E-state index contributed by atoms with van der Waals surface area (Å²) in [6.45, 7) is 5.44. The van der Waals surface area contributed by atoms with E-state index >= 15 is 0 Å². The Morgan fingerprint density at radius 2 is 1.59 bits per heavy atom. The van der Waals surface area contributed by atoms with Crippen molar-refractivity contribution >= 4 is 47.3 Å². The standard InChI is InChI=1S/C29H47NO7S2/c1-5-6-7-14-17-28(38-19-20-39-28)18-15-12-10-8-9-11-13-16-25-26(36-24(4)33)29(27(34)37-25,30-22(2)31)21-35-23(3)32/h11,13,25-26H,5-10,12,14-21H2,1-4H3,(H,30,31)/b13-11+/t25-,26+,29+/m1/s1. The Hall–Kier alpha value is -1.68. The molecule has 0 radical (unpaired) electrons. The number of carbonyl (C=O) groups excluding carboxylic acids is 4. The zero-order valence-corrected chi connectivity index (χ0v) is 25.7. The fourth-order valence-corrected chi connectivity index (χ4v) is 8.58. The van der Waals surface area contributed by atoms with E-state index in [1.54, 1.807) is 0 Å². The van der Waals surface area contributed by atoms with Crippen LogP contribution in [0.2, 0.25) is 0 Å². The number of amides is 1. The van der Waals surface area contributed by atoms with Crippen LogP contribution in [0, 0.1) is 0 Å². The van der Waals surface area contributed by atoms with Crippen molar-refractivity contribution in [1.29, 1.82) is 0 Å². The van der Waals surface area contributed by atoms with E-state index in [0.717, 1.165) is 12.8 Å². The van der Waals surface area contributed by atoms with Crippen LogP contribution in [-0.2, 0) is 33.4 Å². The predicted octanol–water partition coefficient (Wildman–Crippen LogP) is 5.72. The summed E-state index contributed by atoms with van der Waals surface area (Å²) in [6.07, 6.45) is 16.0. The highest BCUT2D eigenvalue weighted by molar-refractivity contribution is 8.21. The number of allylic oxidation sites excluding steroid dienone is 1. The molecule has 0 aromatic carbocycles. The van der Waals surface area contributed by atoms with Crippen LogP contribution in [0.1, 0.15) is 105 Å². The maximum atomic E-state index is 12.8. The zero-order chi connectivity index (χ0) is 28.7. The molecule has 10 heteroatoms. The van der Waals surface area contributed by atoms with E-state index in [2.05, 4.69) is 41.8 Å². The van der Waals surface area contributed by atoms with E-state index in [-0.39, 0.29) is 0 Å². The molecular formula is C29H47NO7S2. The summed E-state index contributed by atoms with van der Waals surface area (Å²) in [5, 5.41) is 2.52. The van der Waals surface area contributed by atoms with Crippen molar-refractivity contribution in [2.24, 2.45) is 0 Å². The Kier molecular flexibility index (Phi) is 14.8. The van der Waals surface area contributed by atoms with Crippen LogP contribution in [0.5, 0.6) is 0 Å². The van der Waals surface area contributed by atoms with Crippen molar-refractivity contribution in [2.75, 3.05) is 18.1 Å². The van der Waals surface area contributed by atoms with Gasteiger partial charge >= 0.3 is 17.9 Å². The number of carbonyl (C=O) groups is 4. The van der Waals surface area contributed by atoms with E-state index in [0.29, 0.717) is 10.5 Å². The van der Waals surface area contributed by atoms with Crippen LogP contribution in [0.4, 0.5) is 0 Å². The first-order valence-electron chi connectivity index (χ1n) is 14.4. The van der Waals surface area contributed by atoms with Crippen molar-refractivity contribution in [3.63, 3.8) is 0 Å². The molecule has 0 aromatic heterocycles. The zero-order valence-electron chi connectivity index (χ0n) is 24.1. The van der Waals surface area contributed by atoms with Crippen LogP contribution in [0.15, 0.2) is 12.2 Å². The lowest BCUT2D eigenvalue weighted by Crippen LogP contribution is -2.63. The number of hydrogen-bond acceptors (Lipinski definition) is 9. The van der Waals surface area contributed by atoms with Crippen molar-refractivity contribution in [1.82, 2.24) is 5.32 Å². The first kappa shape index (κ1) is 33.5. The van der Waals surface area contributed by atoms with Crippen LogP contribution < -0.4 is 5.32 Å². The molecule has 2 aliphatic heterocycles. The lowest BCUT2D eigenvalue weighted by atomic mass is 9.90. The summed E-state index contributed by atoms with van der Waals surface area (Å²) >= 11 is 4.37. The summed E-state index contributed by atoms with van der Waals surface area (Å²) in [5.74, 6) is 0.00814. The summed E-state index contributed by atoms with van der Waals surface area (Å²) in [6, 6.07) is 0. The molecule has 1 N–H and O–H groups in total. The summed E-state index contributed by atoms with van der Waals surface area (Å²) in [7, 11) is 0. The van der Waals surface area contributed by atoms with Gasteiger partial charge < -0.3 is 19.5 Å². The molecule has 8 nitrogen and oxygen atoms in total. The van der Waals surface area contributed by atoms with E-state index in [1.807, 2.05) is 6.08 Å². The van der Waals surface area contributed by atoms with Gasteiger partial charge in [-0.15, -0.1) is 23.5 Å². The van der Waals surface area contributed by atoms with E-state index in [4.69, 9.17) is 14.2 Å². The fraction of sp³-hybridized carbons (Fsp3) is 0.793. The Balaban J connectivity index is 1.80. The minimum Gasteiger partial charge on any atom is -0.463 e. The molecule has 0 aromatic rings. The van der Waals surface area contributed by atoms with Gasteiger partial charge in [-0.2, -0.15) is 0 Å². The fourth-order valence-electron chi connectivity index (χ4n) is 5.18. The normalized spacial score (nSPS) is 24.1. The number of ether oxygens (including phenoxy) is 3. The Morgan fingerprint density at radius 1 is 0.949 bits per heavy atom. The maximum Gasteiger partial charge on any atom is 0.340 e. The maximum absolute atomic E-state index is 12.8. The summed E-state index contributed by atoms with van der Waals surface area (Å²) < 4.78 is 16.4. The predicted molar refractivity (Wildman–Crippen MR) is 156 cm³/mol. The topological polar surface area (TPSA) is 108 Å². The molecule has 3 atom stereocenters. The molecule has 0 spiro atoms. The lowest BCUT2D eigenvalue weighted by molar-refractivity contribution is -0.159. The number of hydrogen-bond donors (Lipinski definition) is 1. The van der Waals surface area contributed by atoms with Gasteiger partial charge in [-0.1, -0.05) is 64.0 Å². The van der Waals surface area contributed by atoms with Gasteiger partial charge in [-0.05, 0) is 25.7 Å². The molecule has 2 aliphatic rings. The van der Waals surface area contributed by atoms with Gasteiger partial charge in [0.25, 0.3) is 0 Å². The molecule has 0 bridgehead atoms. The minimum absolute atomic E-state index is 0.320. The van der Waals surface area contributed by atoms with E-state index in [9.17, 15) is 19.2 Å². The molecule has 2 heterocycles. The molecule has 0 unspecified atom stereocenters. The highest BCUT2D eigenvalue weighted by atomic mass is 32.2. The van der Waals surface area contributed by atoms with Crippen LogP contribution >= 0.6 is 23.5 Å². The van der Waals surface area contributed by atoms with Gasteiger partial charge in [0.2, 0.25) is 11.4 Å². The Labute approximate surface area is 242 Å². The molecule has 222 valence electrons. The SMILES string of the molecule is CCCCCCC1(CCCCCC/C=C/C[C@H]2OC(=O)[C@@](COC(C)=O)(NC(C)=O)[C@H]2OC(C)=O)SCCS1. The number of thioether (sulfide) groups is 2. The van der Waals surface area contributed by atoms with Gasteiger partial charge in [-0.25, -0.2) is 4.79 Å². The second-order valence-corrected chi connectivity index (χ2v) is 13.7. The average Bonchev–Trinajstić information content (AvgIpc) is 3.43. The number of unbranched alkanes of at least 4 members (excludes halogenated alkanes) is 7. The van der Waals surface area contributed by atoms with Gasteiger partial charge in [0.1, 0.15) is 12.7 Å². The van der Waals surface area contributed by atoms with Crippen molar-refractivity contribution in [2.45, 2.75) is 127 Å². The molecule has 2 fully saturated rings. The molecule has 2 rings (SSSR count). The molecular weight excluding hydrogens is 538 g/mol. The van der Waals surface area contributed by atoms with Crippen molar-refractivity contribution < 1.29 is 33.4 Å². The Bertz CT molecular complexity index is 843. The van der Waals surface area contributed by atoms with Crippen molar-refractivity contribution in [3.05, 3.63) is 12.2 Å². The molecule has 0 saturated carbocycles. The van der Waals surface area contributed by atoms with Gasteiger partial charge in [0.05, 0.1) is 4.08 Å². The van der Waals surface area contributed by atoms with Gasteiger partial charge in [0.15, 0.2) is 6.10 Å². The highest BCUT2D eigenvalue weighted by Gasteiger charge is 2.61. The van der Waals surface area contributed by atoms with Crippen LogP contribution in [-0.4, -0.2) is 63.8 Å². The first-order chi connectivity index (χ1) is 18.6. The second kappa shape index (κ2) is 17.2. The van der Waals surface area contributed by atoms with E-state index < -0.39 is 48.2 Å². The van der Waals surface area contributed by atoms with Crippen molar-refractivity contribution in [3.8, 4) is 0 Å². The molecule has 1 amide bonds. The Morgan fingerprint density at radius 3 is 2.18 bits per heavy atom. The summed E-state index contributed by atoms with van der Waals surface area (Å²) in [4.78, 5) is 48.0. The monoisotopic (exact) mass is 585 g/mol. The van der Waals surface area contributed by atoms with Gasteiger partial charge in [0, 0.05) is 38.7 Å². The number of cyclic esters (lactones) is 1. The third-order valence-electron chi connectivity index (χ3n) is 7.08. The van der Waals surface area contributed by atoms with Crippen LogP contribution in [0.25, 0.3) is 0 Å². The second-order valence-electron chi connectivity index (χ2n) is 10.5. The highest BCUT2D eigenvalue weighted by Crippen LogP contribution is 2.50. The van der Waals surface area contributed by atoms with E-state index in [1.165, 1.54) is 90.1 Å². The largest absolute Gasteiger partial charge is 0.463 e.